The third-order valence-corrected chi connectivity index (χ3v) is 4.90. The molecule has 1 N–H and O–H groups in total. The molecule has 0 unspecified atom stereocenters. The molecule has 0 aliphatic carbocycles. The van der Waals surface area contributed by atoms with Crippen LogP contribution in [0.1, 0.15) is 30.9 Å². The van der Waals surface area contributed by atoms with Crippen LogP contribution in [0.2, 0.25) is 0 Å². The van der Waals surface area contributed by atoms with Crippen LogP contribution >= 0.6 is 0 Å². The van der Waals surface area contributed by atoms with E-state index in [0.717, 1.165) is 34.7 Å². The van der Waals surface area contributed by atoms with Gasteiger partial charge in [-0.05, 0) is 48.7 Å². The molecule has 0 spiro atoms. The Morgan fingerprint density at radius 2 is 1.83 bits per heavy atom. The number of nitrogens with zero attached hydrogens (tertiary/aromatic N) is 2. The van der Waals surface area contributed by atoms with Crippen LogP contribution in [0.4, 0.5) is 5.82 Å². The van der Waals surface area contributed by atoms with Crippen molar-refractivity contribution in [3.05, 3.63) is 84.1 Å². The van der Waals surface area contributed by atoms with Gasteiger partial charge in [0, 0.05) is 24.7 Å². The Morgan fingerprint density at radius 3 is 2.63 bits per heavy atom. The minimum absolute atomic E-state index is 0.233. The highest BCUT2D eigenvalue weighted by atomic mass is 16.5. The molecule has 0 fully saturated rings. The van der Waals surface area contributed by atoms with Crippen molar-refractivity contribution in [1.82, 2.24) is 9.38 Å². The number of anilines is 1. The number of esters is 1. The monoisotopic (exact) mass is 399 g/mol. The van der Waals surface area contributed by atoms with E-state index < -0.39 is 0 Å². The van der Waals surface area contributed by atoms with Crippen LogP contribution in [0.25, 0.3) is 16.9 Å². The number of imidazole rings is 1. The summed E-state index contributed by atoms with van der Waals surface area (Å²) >= 11 is 0. The Morgan fingerprint density at radius 1 is 1.07 bits per heavy atom. The second-order valence-corrected chi connectivity index (χ2v) is 7.30. The van der Waals surface area contributed by atoms with E-state index in [9.17, 15) is 4.79 Å². The first-order valence-electron chi connectivity index (χ1n) is 10.2. The fourth-order valence-electron chi connectivity index (χ4n) is 3.41. The summed E-state index contributed by atoms with van der Waals surface area (Å²) in [4.78, 5) is 17.0. The van der Waals surface area contributed by atoms with Crippen molar-refractivity contribution >= 4 is 17.4 Å². The average Bonchev–Trinajstić information content (AvgIpc) is 3.11. The molecule has 0 aliphatic heterocycles. The van der Waals surface area contributed by atoms with E-state index in [1.165, 1.54) is 5.56 Å². The Bertz CT molecular complexity index is 1170. The van der Waals surface area contributed by atoms with Crippen LogP contribution in [0.15, 0.2) is 72.9 Å². The average molecular weight is 399 g/mol. The highest BCUT2D eigenvalue weighted by molar-refractivity contribution is 5.83. The molecule has 152 valence electrons. The van der Waals surface area contributed by atoms with Gasteiger partial charge >= 0.3 is 5.97 Å². The number of hydrogen-bond donors (Lipinski definition) is 1. The molecule has 0 radical (unpaired) electrons. The smallest absolute Gasteiger partial charge is 0.311 e. The lowest BCUT2D eigenvalue weighted by Gasteiger charge is -2.12. The van der Waals surface area contributed by atoms with Crippen molar-refractivity contribution in [2.45, 2.75) is 33.2 Å². The first-order chi connectivity index (χ1) is 14.7. The first-order valence-corrected chi connectivity index (χ1v) is 10.2. The molecule has 0 saturated heterocycles. The van der Waals surface area contributed by atoms with Gasteiger partial charge in [0.1, 0.15) is 22.9 Å². The van der Waals surface area contributed by atoms with Crippen LogP contribution in [0, 0.1) is 6.92 Å². The van der Waals surface area contributed by atoms with E-state index in [-0.39, 0.29) is 5.97 Å². The van der Waals surface area contributed by atoms with Gasteiger partial charge in [-0.2, -0.15) is 0 Å². The summed E-state index contributed by atoms with van der Waals surface area (Å²) in [6, 6.07) is 21.9. The van der Waals surface area contributed by atoms with Gasteiger partial charge < -0.3 is 10.1 Å². The molecular formula is C25H25N3O2. The Labute approximate surface area is 176 Å². The summed E-state index contributed by atoms with van der Waals surface area (Å²) in [5.74, 6) is 1.16. The number of hydrogen-bond acceptors (Lipinski definition) is 4. The van der Waals surface area contributed by atoms with Crippen molar-refractivity contribution in [2.75, 3.05) is 5.32 Å². The van der Waals surface area contributed by atoms with Crippen molar-refractivity contribution in [3.63, 3.8) is 0 Å². The highest BCUT2D eigenvalue weighted by Gasteiger charge is 2.19. The maximum atomic E-state index is 12.1. The number of rotatable bonds is 7. The van der Waals surface area contributed by atoms with Crippen LogP contribution in [-0.4, -0.2) is 15.4 Å². The number of para-hydroxylation sites is 1. The van der Waals surface area contributed by atoms with Gasteiger partial charge in [0.25, 0.3) is 0 Å². The summed E-state index contributed by atoms with van der Waals surface area (Å²) in [6.07, 6.45) is 3.15. The number of carbonyl (C=O) groups excluding carboxylic acids is 1. The normalized spacial score (nSPS) is 10.9. The molecular weight excluding hydrogens is 374 g/mol. The molecule has 30 heavy (non-hydrogen) atoms. The largest absolute Gasteiger partial charge is 0.426 e. The van der Waals surface area contributed by atoms with Crippen molar-refractivity contribution < 1.29 is 9.53 Å². The van der Waals surface area contributed by atoms with Gasteiger partial charge in [-0.25, -0.2) is 4.98 Å². The van der Waals surface area contributed by atoms with Gasteiger partial charge in [0.05, 0.1) is 0 Å². The van der Waals surface area contributed by atoms with E-state index in [1.807, 2.05) is 73.0 Å². The maximum absolute atomic E-state index is 12.1. The lowest BCUT2D eigenvalue weighted by molar-refractivity contribution is -0.134. The molecule has 5 nitrogen and oxygen atoms in total. The quantitative estimate of drug-likeness (QED) is 0.323. The van der Waals surface area contributed by atoms with Crippen LogP contribution < -0.4 is 10.1 Å². The molecule has 0 aliphatic rings. The summed E-state index contributed by atoms with van der Waals surface area (Å²) < 4.78 is 7.70. The number of benzene rings is 2. The maximum Gasteiger partial charge on any atom is 0.311 e. The molecule has 4 aromatic rings. The minimum atomic E-state index is -0.233. The van der Waals surface area contributed by atoms with Gasteiger partial charge in [-0.15, -0.1) is 0 Å². The second kappa shape index (κ2) is 8.82. The van der Waals surface area contributed by atoms with Crippen molar-refractivity contribution in [2.24, 2.45) is 0 Å². The number of ether oxygens (including phenoxy) is 1. The number of aromatic nitrogens is 2. The zero-order chi connectivity index (χ0) is 20.9. The second-order valence-electron chi connectivity index (χ2n) is 7.30. The molecule has 5 heteroatoms. The van der Waals surface area contributed by atoms with E-state index in [0.29, 0.717) is 18.7 Å². The summed E-state index contributed by atoms with van der Waals surface area (Å²) in [7, 11) is 0. The number of pyridine rings is 1. The van der Waals surface area contributed by atoms with Gasteiger partial charge in [-0.1, -0.05) is 49.4 Å². The van der Waals surface area contributed by atoms with Gasteiger partial charge in [0.2, 0.25) is 0 Å². The molecule has 4 rings (SSSR count). The summed E-state index contributed by atoms with van der Waals surface area (Å²) in [5, 5.41) is 3.54. The summed E-state index contributed by atoms with van der Waals surface area (Å²) in [6.45, 7) is 4.67. The third kappa shape index (κ3) is 4.20. The SMILES string of the molecule is CCCC(=O)Oc1ccccc1-c1nc2cc(C)ccn2c1NCc1ccccc1. The minimum Gasteiger partial charge on any atom is -0.426 e. The van der Waals surface area contributed by atoms with E-state index in [1.54, 1.807) is 0 Å². The zero-order valence-corrected chi connectivity index (χ0v) is 17.3. The number of aryl methyl sites for hydroxylation is 1. The zero-order valence-electron chi connectivity index (χ0n) is 17.3. The predicted molar refractivity (Wildman–Crippen MR) is 120 cm³/mol. The van der Waals surface area contributed by atoms with Crippen molar-refractivity contribution in [1.29, 1.82) is 0 Å². The Balaban J connectivity index is 1.78. The Hall–Kier alpha value is -3.60. The predicted octanol–water partition coefficient (Wildman–Crippen LogP) is 5.63. The molecule has 2 aromatic carbocycles. The third-order valence-electron chi connectivity index (χ3n) is 4.90. The number of fused-ring (bicyclic) bond motifs is 1. The van der Waals surface area contributed by atoms with Crippen molar-refractivity contribution in [3.8, 4) is 17.0 Å². The highest BCUT2D eigenvalue weighted by Crippen LogP contribution is 2.35. The van der Waals surface area contributed by atoms with Crippen LogP contribution in [0.5, 0.6) is 5.75 Å². The first kappa shape index (κ1) is 19.7. The molecule has 2 heterocycles. The number of nitrogens with one attached hydrogen (secondary N) is 1. The van der Waals surface area contributed by atoms with E-state index in [4.69, 9.17) is 9.72 Å². The lowest BCUT2D eigenvalue weighted by atomic mass is 10.1. The van der Waals surface area contributed by atoms with Gasteiger partial charge in [0.15, 0.2) is 0 Å². The molecule has 0 amide bonds. The Kier molecular flexibility index (Phi) is 5.80. The number of carbonyl (C=O) groups is 1. The van der Waals surface area contributed by atoms with E-state index in [2.05, 4.69) is 23.5 Å². The van der Waals surface area contributed by atoms with E-state index >= 15 is 0 Å². The fourth-order valence-corrected chi connectivity index (χ4v) is 3.41. The molecule has 0 saturated carbocycles. The van der Waals surface area contributed by atoms with Crippen LogP contribution in [0.3, 0.4) is 0 Å². The summed E-state index contributed by atoms with van der Waals surface area (Å²) in [5.41, 5.74) is 4.70. The molecule has 2 aromatic heterocycles. The fraction of sp³-hybridized carbons (Fsp3) is 0.200. The van der Waals surface area contributed by atoms with Crippen LogP contribution in [-0.2, 0) is 11.3 Å². The standard InChI is InChI=1S/C25H25N3O2/c1-3-9-23(29)30-21-13-8-7-12-20(21)24-25(26-17-19-10-5-4-6-11-19)28-15-14-18(2)16-22(28)27-24/h4-8,10-16,26H,3,9,17H2,1-2H3. The lowest BCUT2D eigenvalue weighted by Crippen LogP contribution is -2.08. The topological polar surface area (TPSA) is 55.6 Å². The molecule has 0 atom stereocenters. The molecule has 0 bridgehead atoms. The van der Waals surface area contributed by atoms with Gasteiger partial charge in [-0.3, -0.25) is 9.20 Å².